The highest BCUT2D eigenvalue weighted by Gasteiger charge is 2.47. The summed E-state index contributed by atoms with van der Waals surface area (Å²) in [5.74, 6) is 2.43. The molecule has 4 rings (SSSR count). The molecule has 1 aliphatic carbocycles. The topological polar surface area (TPSA) is 30.5 Å². The van der Waals surface area contributed by atoms with Gasteiger partial charge < -0.3 is 14.8 Å². The lowest BCUT2D eigenvalue weighted by Gasteiger charge is -2.35. The lowest BCUT2D eigenvalue weighted by Crippen LogP contribution is -2.45. The van der Waals surface area contributed by atoms with Crippen molar-refractivity contribution >= 4 is 0 Å². The molecule has 0 atom stereocenters. The van der Waals surface area contributed by atoms with E-state index < -0.39 is 0 Å². The Labute approximate surface area is 114 Å². The van der Waals surface area contributed by atoms with Gasteiger partial charge in [-0.25, -0.2) is 0 Å². The lowest BCUT2D eigenvalue weighted by atomic mass is 9.91. The predicted molar refractivity (Wildman–Crippen MR) is 73.6 cm³/mol. The van der Waals surface area contributed by atoms with Gasteiger partial charge in [-0.05, 0) is 62.4 Å². The molecular formula is C16H21NO2. The molecule has 1 aromatic carbocycles. The third-order valence-electron chi connectivity index (χ3n) is 4.70. The van der Waals surface area contributed by atoms with E-state index in [-0.39, 0.29) is 5.79 Å². The summed E-state index contributed by atoms with van der Waals surface area (Å²) in [6.07, 6.45) is 7.04. The molecule has 19 heavy (non-hydrogen) atoms. The minimum absolute atomic E-state index is 0.296. The van der Waals surface area contributed by atoms with Crippen molar-refractivity contribution in [1.29, 1.82) is 0 Å². The molecule has 0 unspecified atom stereocenters. The van der Waals surface area contributed by atoms with Crippen LogP contribution in [0.25, 0.3) is 0 Å². The summed E-state index contributed by atoms with van der Waals surface area (Å²) in [6, 6.07) is 6.51. The highest BCUT2D eigenvalue weighted by molar-refractivity contribution is 5.46. The van der Waals surface area contributed by atoms with E-state index in [2.05, 4.69) is 23.5 Å². The number of hydrogen-bond acceptors (Lipinski definition) is 3. The largest absolute Gasteiger partial charge is 0.448 e. The summed E-state index contributed by atoms with van der Waals surface area (Å²) in [6.45, 7) is 2.33. The third kappa shape index (κ3) is 2.10. The first-order chi connectivity index (χ1) is 9.33. The Morgan fingerprint density at radius 1 is 1.11 bits per heavy atom. The summed E-state index contributed by atoms with van der Waals surface area (Å²) in [5, 5.41) is 3.42. The minimum atomic E-state index is -0.296. The van der Waals surface area contributed by atoms with E-state index in [4.69, 9.17) is 9.47 Å². The van der Waals surface area contributed by atoms with Crippen molar-refractivity contribution in [2.75, 3.05) is 13.1 Å². The second-order valence-electron chi connectivity index (χ2n) is 6.15. The molecule has 1 aromatic rings. The van der Waals surface area contributed by atoms with Crippen molar-refractivity contribution in [3.63, 3.8) is 0 Å². The summed E-state index contributed by atoms with van der Waals surface area (Å²) in [5.41, 5.74) is 1.39. The Morgan fingerprint density at radius 2 is 1.89 bits per heavy atom. The third-order valence-corrected chi connectivity index (χ3v) is 4.70. The van der Waals surface area contributed by atoms with E-state index in [9.17, 15) is 0 Å². The maximum absolute atomic E-state index is 6.03. The van der Waals surface area contributed by atoms with Gasteiger partial charge in [-0.15, -0.1) is 0 Å². The SMILES string of the molecule is c1cc2c(cc1CC1CCNCC1)OC1(CCC1)O2. The van der Waals surface area contributed by atoms with Gasteiger partial charge in [0.25, 0.3) is 5.79 Å². The monoisotopic (exact) mass is 259 g/mol. The highest BCUT2D eigenvalue weighted by Crippen LogP contribution is 2.48. The van der Waals surface area contributed by atoms with Gasteiger partial charge in [-0.1, -0.05) is 6.07 Å². The van der Waals surface area contributed by atoms with E-state index in [1.165, 1.54) is 44.3 Å². The van der Waals surface area contributed by atoms with Gasteiger partial charge in [-0.2, -0.15) is 0 Å². The number of piperidine rings is 1. The van der Waals surface area contributed by atoms with E-state index in [1.54, 1.807) is 0 Å². The molecule has 1 saturated heterocycles. The zero-order chi connectivity index (χ0) is 12.7. The van der Waals surface area contributed by atoms with Crippen LogP contribution in [0.1, 0.15) is 37.7 Å². The molecule has 102 valence electrons. The normalized spacial score (nSPS) is 24.4. The van der Waals surface area contributed by atoms with Crippen molar-refractivity contribution < 1.29 is 9.47 Å². The first kappa shape index (κ1) is 11.6. The van der Waals surface area contributed by atoms with E-state index in [1.807, 2.05) is 0 Å². The Hall–Kier alpha value is -1.22. The zero-order valence-electron chi connectivity index (χ0n) is 11.3. The molecule has 2 aliphatic heterocycles. The Morgan fingerprint density at radius 3 is 2.63 bits per heavy atom. The fourth-order valence-corrected chi connectivity index (χ4v) is 3.35. The second kappa shape index (κ2) is 4.41. The van der Waals surface area contributed by atoms with Crippen molar-refractivity contribution in [2.45, 2.75) is 44.3 Å². The van der Waals surface area contributed by atoms with Crippen molar-refractivity contribution in [3.8, 4) is 11.5 Å². The average molecular weight is 259 g/mol. The summed E-state index contributed by atoms with van der Waals surface area (Å²) >= 11 is 0. The number of ether oxygens (including phenoxy) is 2. The van der Waals surface area contributed by atoms with Crippen molar-refractivity contribution in [1.82, 2.24) is 5.32 Å². The number of fused-ring (bicyclic) bond motifs is 1. The lowest BCUT2D eigenvalue weighted by molar-refractivity contribution is -0.138. The molecule has 1 N–H and O–H groups in total. The molecule has 3 aliphatic rings. The predicted octanol–water partition coefficient (Wildman–Crippen LogP) is 2.88. The van der Waals surface area contributed by atoms with Gasteiger partial charge in [-0.3, -0.25) is 0 Å². The average Bonchev–Trinajstić information content (AvgIpc) is 2.79. The van der Waals surface area contributed by atoms with Crippen LogP contribution >= 0.6 is 0 Å². The van der Waals surface area contributed by atoms with Crippen molar-refractivity contribution in [3.05, 3.63) is 23.8 Å². The maximum atomic E-state index is 6.03. The fourth-order valence-electron chi connectivity index (χ4n) is 3.35. The molecule has 0 aromatic heterocycles. The van der Waals surface area contributed by atoms with E-state index >= 15 is 0 Å². The zero-order valence-corrected chi connectivity index (χ0v) is 11.3. The molecule has 3 nitrogen and oxygen atoms in total. The molecule has 0 radical (unpaired) electrons. The highest BCUT2D eigenvalue weighted by atomic mass is 16.7. The molecule has 3 heteroatoms. The number of nitrogens with one attached hydrogen (secondary N) is 1. The van der Waals surface area contributed by atoms with Gasteiger partial charge in [0.2, 0.25) is 0 Å². The summed E-state index contributed by atoms with van der Waals surface area (Å²) in [4.78, 5) is 0. The molecule has 0 bridgehead atoms. The van der Waals surface area contributed by atoms with Crippen LogP contribution in [0.4, 0.5) is 0 Å². The standard InChI is InChI=1S/C16H21NO2/c1-6-16(7-1)18-14-3-2-13(11-15(14)19-16)10-12-4-8-17-9-5-12/h2-3,11-12,17H,1,4-10H2. The van der Waals surface area contributed by atoms with Gasteiger partial charge in [0.15, 0.2) is 11.5 Å². The molecular weight excluding hydrogens is 238 g/mol. The van der Waals surface area contributed by atoms with Gasteiger partial charge >= 0.3 is 0 Å². The van der Waals surface area contributed by atoms with Crippen LogP contribution in [0.5, 0.6) is 11.5 Å². The van der Waals surface area contributed by atoms with Crippen LogP contribution in [-0.2, 0) is 6.42 Å². The fraction of sp³-hybridized carbons (Fsp3) is 0.625. The van der Waals surface area contributed by atoms with Crippen LogP contribution in [0.2, 0.25) is 0 Å². The quantitative estimate of drug-likeness (QED) is 0.886. The smallest absolute Gasteiger partial charge is 0.251 e. The molecule has 0 amide bonds. The molecule has 2 fully saturated rings. The number of hydrogen-bond donors (Lipinski definition) is 1. The van der Waals surface area contributed by atoms with Crippen LogP contribution in [0, 0.1) is 5.92 Å². The summed E-state index contributed by atoms with van der Waals surface area (Å²) < 4.78 is 12.0. The molecule has 1 spiro atoms. The van der Waals surface area contributed by atoms with Crippen molar-refractivity contribution in [2.24, 2.45) is 5.92 Å². The maximum Gasteiger partial charge on any atom is 0.251 e. The summed E-state index contributed by atoms with van der Waals surface area (Å²) in [7, 11) is 0. The Kier molecular flexibility index (Phi) is 2.69. The van der Waals surface area contributed by atoms with Gasteiger partial charge in [0.1, 0.15) is 0 Å². The van der Waals surface area contributed by atoms with Crippen LogP contribution in [-0.4, -0.2) is 18.9 Å². The van der Waals surface area contributed by atoms with Gasteiger partial charge in [0.05, 0.1) is 0 Å². The van der Waals surface area contributed by atoms with Gasteiger partial charge in [0, 0.05) is 12.8 Å². The number of rotatable bonds is 2. The minimum Gasteiger partial charge on any atom is -0.448 e. The first-order valence-corrected chi connectivity index (χ1v) is 7.55. The Balaban J connectivity index is 1.48. The molecule has 2 heterocycles. The number of benzene rings is 1. The van der Waals surface area contributed by atoms with Crippen LogP contribution < -0.4 is 14.8 Å². The van der Waals surface area contributed by atoms with E-state index in [0.717, 1.165) is 30.3 Å². The second-order valence-corrected chi connectivity index (χ2v) is 6.15. The van der Waals surface area contributed by atoms with E-state index in [0.29, 0.717) is 0 Å². The molecule has 1 saturated carbocycles. The first-order valence-electron chi connectivity index (χ1n) is 7.55. The van der Waals surface area contributed by atoms with Crippen LogP contribution in [0.3, 0.4) is 0 Å². The Bertz CT molecular complexity index is 476. The van der Waals surface area contributed by atoms with Crippen LogP contribution in [0.15, 0.2) is 18.2 Å².